The molecule has 0 saturated carbocycles. The number of hydrogen-bond acceptors (Lipinski definition) is 7. The number of carbonyl (C=O) groups excluding carboxylic acids is 1. The zero-order valence-corrected chi connectivity index (χ0v) is 7.68. The Morgan fingerprint density at radius 3 is 2.17 bits per heavy atom. The molecule has 0 bridgehead atoms. The highest BCUT2D eigenvalue weighted by Gasteiger charge is 2.49. The third-order valence-corrected chi connectivity index (χ3v) is 0.875. The number of ether oxygens (including phenoxy) is 1. The minimum Gasteiger partial charge on any atom is -0.262 e. The number of nitrogens with zero attached hydrogens (tertiary/aromatic N) is 3. The van der Waals surface area contributed by atoms with Crippen molar-refractivity contribution >= 4 is 6.09 Å². The number of hydrogen-bond donors (Lipinski definition) is 0. The van der Waals surface area contributed by atoms with E-state index in [0.717, 1.165) is 0 Å². The van der Waals surface area contributed by atoms with Crippen molar-refractivity contribution in [1.29, 1.82) is 5.26 Å². The van der Waals surface area contributed by atoms with E-state index in [9.17, 15) is 36.9 Å². The van der Waals surface area contributed by atoms with E-state index < -0.39 is 28.8 Å². The molecule has 0 aliphatic heterocycles. The SMILES string of the molecule is N#CN(C(=O)OOC(F)(F)OC(F)(F)F)[N+](=O)[O-]. The van der Waals surface area contributed by atoms with Gasteiger partial charge in [0.15, 0.2) is 5.03 Å². The molecule has 0 radical (unpaired) electrons. The van der Waals surface area contributed by atoms with Gasteiger partial charge in [-0.05, 0) is 0 Å². The summed E-state index contributed by atoms with van der Waals surface area (Å²) in [5, 5.41) is 15.1. The normalized spacial score (nSPS) is 11.6. The molecule has 0 aliphatic carbocycles. The highest BCUT2D eigenvalue weighted by Crippen LogP contribution is 2.28. The molecular formula is C4F5N3O6. The van der Waals surface area contributed by atoms with Crippen LogP contribution >= 0.6 is 0 Å². The van der Waals surface area contributed by atoms with Crippen molar-refractivity contribution < 1.29 is 46.3 Å². The van der Waals surface area contributed by atoms with Gasteiger partial charge in [-0.15, -0.1) is 22.0 Å². The smallest absolute Gasteiger partial charge is 0.262 e. The molecule has 0 atom stereocenters. The largest absolute Gasteiger partial charge is 0.529 e. The molecule has 18 heavy (non-hydrogen) atoms. The minimum atomic E-state index is -5.83. The van der Waals surface area contributed by atoms with Crippen LogP contribution in [-0.2, 0) is 14.5 Å². The monoisotopic (exact) mass is 281 g/mol. The van der Waals surface area contributed by atoms with E-state index in [-0.39, 0.29) is 0 Å². The van der Waals surface area contributed by atoms with Crippen LogP contribution in [-0.4, -0.2) is 28.8 Å². The summed E-state index contributed by atoms with van der Waals surface area (Å²) in [5.74, 6) is 0. The molecule has 1 amide bonds. The average Bonchev–Trinajstić information content (AvgIpc) is 2.11. The van der Waals surface area contributed by atoms with E-state index in [1.54, 1.807) is 0 Å². The van der Waals surface area contributed by atoms with Crippen molar-refractivity contribution in [3.63, 3.8) is 0 Å². The van der Waals surface area contributed by atoms with Gasteiger partial charge in [-0.3, -0.25) is 4.89 Å². The molecule has 0 fully saturated rings. The Labute approximate surface area is 92.9 Å². The van der Waals surface area contributed by atoms with Gasteiger partial charge in [0, 0.05) is 0 Å². The van der Waals surface area contributed by atoms with E-state index in [2.05, 4.69) is 9.78 Å². The van der Waals surface area contributed by atoms with Gasteiger partial charge in [0.1, 0.15) is 0 Å². The summed E-state index contributed by atoms with van der Waals surface area (Å²) in [7, 11) is 0. The maximum Gasteiger partial charge on any atom is 0.529 e. The number of hydrazine groups is 1. The minimum absolute atomic E-state index is 0.558. The summed E-state index contributed by atoms with van der Waals surface area (Å²) >= 11 is 0. The van der Waals surface area contributed by atoms with Gasteiger partial charge in [0.2, 0.25) is 0 Å². The molecule has 0 spiro atoms. The molecule has 0 aliphatic rings. The lowest BCUT2D eigenvalue weighted by Gasteiger charge is -2.15. The number of amides is 1. The lowest BCUT2D eigenvalue weighted by molar-refractivity contribution is -0.625. The second kappa shape index (κ2) is 5.37. The maximum absolute atomic E-state index is 12.1. The predicted molar refractivity (Wildman–Crippen MR) is 34.1 cm³/mol. The molecule has 0 heterocycles. The van der Waals surface area contributed by atoms with Crippen molar-refractivity contribution in [3.05, 3.63) is 10.1 Å². The van der Waals surface area contributed by atoms with Gasteiger partial charge in [-0.2, -0.15) is 10.00 Å². The number of rotatable bonds is 4. The second-order valence-electron chi connectivity index (χ2n) is 2.09. The number of carbonyl (C=O) groups is 1. The predicted octanol–water partition coefficient (Wildman–Crippen LogP) is 1.12. The molecule has 0 saturated heterocycles. The van der Waals surface area contributed by atoms with Crippen molar-refractivity contribution in [3.8, 4) is 6.19 Å². The molecule has 0 aromatic heterocycles. The second-order valence-corrected chi connectivity index (χ2v) is 2.09. The Hall–Kier alpha value is -2.27. The van der Waals surface area contributed by atoms with Crippen LogP contribution in [0.15, 0.2) is 0 Å². The number of halogens is 5. The molecule has 0 aromatic carbocycles. The van der Waals surface area contributed by atoms with E-state index in [1.165, 1.54) is 0 Å². The van der Waals surface area contributed by atoms with Crippen LogP contribution in [0.2, 0.25) is 0 Å². The highest BCUT2D eigenvalue weighted by molar-refractivity contribution is 5.66. The fourth-order valence-corrected chi connectivity index (χ4v) is 0.415. The van der Waals surface area contributed by atoms with Crippen LogP contribution in [0.5, 0.6) is 0 Å². The summed E-state index contributed by atoms with van der Waals surface area (Å²) in [6.07, 6.45) is -13.1. The van der Waals surface area contributed by atoms with Crippen molar-refractivity contribution in [2.24, 2.45) is 0 Å². The number of alkyl halides is 5. The van der Waals surface area contributed by atoms with Gasteiger partial charge in [-0.1, -0.05) is 4.89 Å². The molecule has 0 N–H and O–H groups in total. The van der Waals surface area contributed by atoms with E-state index in [0.29, 0.717) is 6.19 Å². The summed E-state index contributed by atoms with van der Waals surface area (Å²) in [5.41, 5.74) is 0. The topological polar surface area (TPSA) is 115 Å². The van der Waals surface area contributed by atoms with E-state index in [1.807, 2.05) is 4.74 Å². The van der Waals surface area contributed by atoms with Crippen LogP contribution in [0.4, 0.5) is 26.7 Å². The van der Waals surface area contributed by atoms with Gasteiger partial charge >= 0.3 is 18.8 Å². The molecule has 0 aromatic rings. The first kappa shape index (κ1) is 15.7. The van der Waals surface area contributed by atoms with Crippen LogP contribution in [0.3, 0.4) is 0 Å². The van der Waals surface area contributed by atoms with E-state index in [4.69, 9.17) is 5.26 Å². The summed E-state index contributed by atoms with van der Waals surface area (Å²) in [6.45, 7) is 0. The van der Waals surface area contributed by atoms with Crippen molar-refractivity contribution in [2.75, 3.05) is 0 Å². The van der Waals surface area contributed by atoms with Crippen LogP contribution in [0, 0.1) is 21.6 Å². The molecule has 0 rings (SSSR count). The van der Waals surface area contributed by atoms with Crippen LogP contribution in [0.1, 0.15) is 0 Å². The number of nitro groups is 1. The molecule has 9 nitrogen and oxygen atoms in total. The average molecular weight is 281 g/mol. The third kappa shape index (κ3) is 5.72. The van der Waals surface area contributed by atoms with Gasteiger partial charge < -0.3 is 0 Å². The zero-order chi connectivity index (χ0) is 14.6. The van der Waals surface area contributed by atoms with Gasteiger partial charge in [-0.25, -0.2) is 14.9 Å². The first-order chi connectivity index (χ1) is 7.98. The molecule has 0 unspecified atom stereocenters. The van der Waals surface area contributed by atoms with Crippen LogP contribution < -0.4 is 0 Å². The molecule has 14 heteroatoms. The Morgan fingerprint density at radius 1 is 1.33 bits per heavy atom. The third-order valence-electron chi connectivity index (χ3n) is 0.875. The quantitative estimate of drug-likeness (QED) is 0.144. The lowest BCUT2D eigenvalue weighted by Crippen LogP contribution is -2.37. The Kier molecular flexibility index (Phi) is 4.70. The number of nitriles is 1. The van der Waals surface area contributed by atoms with Gasteiger partial charge in [0.25, 0.3) is 6.19 Å². The standard InChI is InChI=1S/C4F5N3O6/c5-3(6,7)17-4(8,9)18-16-2(13)11(1-10)12(14)15. The maximum atomic E-state index is 12.1. The fourth-order valence-electron chi connectivity index (χ4n) is 0.415. The zero-order valence-electron chi connectivity index (χ0n) is 7.68. The first-order valence-corrected chi connectivity index (χ1v) is 3.37. The Balaban J connectivity index is 4.45. The lowest BCUT2D eigenvalue weighted by atomic mass is 11.0. The first-order valence-electron chi connectivity index (χ1n) is 3.37. The Morgan fingerprint density at radius 2 is 1.83 bits per heavy atom. The summed E-state index contributed by atoms with van der Waals surface area (Å²) in [6, 6.07) is 0. The van der Waals surface area contributed by atoms with Gasteiger partial charge in [0.05, 0.1) is 5.01 Å². The van der Waals surface area contributed by atoms with Crippen molar-refractivity contribution in [2.45, 2.75) is 12.7 Å². The van der Waals surface area contributed by atoms with Crippen LogP contribution in [0.25, 0.3) is 0 Å². The summed E-state index contributed by atoms with van der Waals surface area (Å²) in [4.78, 5) is 25.8. The highest BCUT2D eigenvalue weighted by atomic mass is 19.4. The molecule has 102 valence electrons. The fraction of sp³-hybridized carbons (Fsp3) is 0.500. The Bertz CT molecular complexity index is 376. The van der Waals surface area contributed by atoms with Crippen molar-refractivity contribution in [1.82, 2.24) is 5.01 Å². The molecular weight excluding hydrogens is 281 g/mol. The van der Waals surface area contributed by atoms with E-state index >= 15 is 0 Å². The summed E-state index contributed by atoms with van der Waals surface area (Å²) < 4.78 is 60.3.